The lowest BCUT2D eigenvalue weighted by Crippen LogP contribution is -2.08. The smallest absolute Gasteiger partial charge is 0.154 e. The summed E-state index contributed by atoms with van der Waals surface area (Å²) in [4.78, 5) is 8.48. The van der Waals surface area contributed by atoms with Crippen molar-refractivity contribution in [3.05, 3.63) is 72.7 Å². The van der Waals surface area contributed by atoms with Gasteiger partial charge >= 0.3 is 0 Å². The number of fused-ring (bicyclic) bond motifs is 1. The zero-order valence-electron chi connectivity index (χ0n) is 14.5. The van der Waals surface area contributed by atoms with Crippen molar-refractivity contribution in [2.75, 3.05) is 19.0 Å². The molecule has 0 bridgehead atoms. The highest BCUT2D eigenvalue weighted by Crippen LogP contribution is 2.20. The number of ether oxygens (including phenoxy) is 1. The molecule has 0 saturated heterocycles. The summed E-state index contributed by atoms with van der Waals surface area (Å²) in [6.07, 6.45) is 6.28. The first kappa shape index (κ1) is 16.1. The first-order chi connectivity index (χ1) is 12.8. The molecule has 0 radical (unpaired) electrons. The van der Waals surface area contributed by atoms with Crippen LogP contribution in [0.3, 0.4) is 0 Å². The van der Waals surface area contributed by atoms with E-state index in [0.29, 0.717) is 0 Å². The van der Waals surface area contributed by atoms with Crippen LogP contribution in [0, 0.1) is 0 Å². The van der Waals surface area contributed by atoms with Gasteiger partial charge in [0.2, 0.25) is 0 Å². The molecule has 6 heteroatoms. The Hall–Kier alpha value is -3.41. The first-order valence-electron chi connectivity index (χ1n) is 8.45. The summed E-state index contributed by atoms with van der Waals surface area (Å²) in [5.41, 5.74) is 4.05. The molecule has 0 saturated carbocycles. The molecule has 0 unspecified atom stereocenters. The number of aromatic nitrogens is 4. The van der Waals surface area contributed by atoms with Crippen LogP contribution in [-0.2, 0) is 6.42 Å². The van der Waals surface area contributed by atoms with Gasteiger partial charge in [0, 0.05) is 24.5 Å². The highest BCUT2D eigenvalue weighted by Gasteiger charge is 2.07. The van der Waals surface area contributed by atoms with E-state index in [0.717, 1.165) is 41.4 Å². The molecule has 26 heavy (non-hydrogen) atoms. The standard InChI is InChI=1S/C20H19N5O/c1-26-17-4-2-15(3-5-17)8-13-22-19-6-7-20-23-14-18(25(20)24-19)16-9-11-21-12-10-16/h2-7,9-12,14H,8,13H2,1H3,(H,22,24). The Morgan fingerprint density at radius 2 is 1.81 bits per heavy atom. The third kappa shape index (κ3) is 3.35. The van der Waals surface area contributed by atoms with E-state index in [1.807, 2.05) is 47.1 Å². The predicted molar refractivity (Wildman–Crippen MR) is 101 cm³/mol. The Labute approximate surface area is 151 Å². The van der Waals surface area contributed by atoms with E-state index in [1.54, 1.807) is 19.5 Å². The van der Waals surface area contributed by atoms with E-state index in [9.17, 15) is 0 Å². The molecule has 1 N–H and O–H groups in total. The van der Waals surface area contributed by atoms with Gasteiger partial charge in [-0.1, -0.05) is 12.1 Å². The van der Waals surface area contributed by atoms with Crippen molar-refractivity contribution in [2.24, 2.45) is 0 Å². The van der Waals surface area contributed by atoms with Gasteiger partial charge in [0.15, 0.2) is 5.65 Å². The molecule has 1 aromatic carbocycles. The average molecular weight is 345 g/mol. The third-order valence-electron chi connectivity index (χ3n) is 4.22. The van der Waals surface area contributed by atoms with Crippen LogP contribution in [0.15, 0.2) is 67.1 Å². The number of rotatable bonds is 6. The molecule has 3 aromatic heterocycles. The summed E-state index contributed by atoms with van der Waals surface area (Å²) in [5, 5.41) is 8.05. The number of pyridine rings is 1. The highest BCUT2D eigenvalue weighted by atomic mass is 16.5. The minimum absolute atomic E-state index is 0.796. The number of hydrogen-bond donors (Lipinski definition) is 1. The van der Waals surface area contributed by atoms with Crippen molar-refractivity contribution >= 4 is 11.5 Å². The molecular formula is C20H19N5O. The number of imidazole rings is 1. The number of benzene rings is 1. The molecule has 4 aromatic rings. The predicted octanol–water partition coefficient (Wildman–Crippen LogP) is 3.45. The quantitative estimate of drug-likeness (QED) is 0.580. The van der Waals surface area contributed by atoms with Gasteiger partial charge in [0.25, 0.3) is 0 Å². The summed E-state index contributed by atoms with van der Waals surface area (Å²) in [7, 11) is 1.68. The lowest BCUT2D eigenvalue weighted by atomic mass is 10.1. The number of hydrogen-bond acceptors (Lipinski definition) is 5. The van der Waals surface area contributed by atoms with Gasteiger partial charge in [-0.15, -0.1) is 5.10 Å². The van der Waals surface area contributed by atoms with Crippen molar-refractivity contribution in [2.45, 2.75) is 6.42 Å². The van der Waals surface area contributed by atoms with Gasteiger partial charge < -0.3 is 10.1 Å². The van der Waals surface area contributed by atoms with E-state index >= 15 is 0 Å². The molecule has 0 atom stereocenters. The normalized spacial score (nSPS) is 10.8. The van der Waals surface area contributed by atoms with E-state index in [2.05, 4.69) is 32.5 Å². The van der Waals surface area contributed by atoms with Crippen molar-refractivity contribution in [3.63, 3.8) is 0 Å². The second-order valence-electron chi connectivity index (χ2n) is 5.89. The van der Waals surface area contributed by atoms with Crippen molar-refractivity contribution in [1.82, 2.24) is 19.6 Å². The van der Waals surface area contributed by atoms with Crippen molar-refractivity contribution in [1.29, 1.82) is 0 Å². The van der Waals surface area contributed by atoms with Crippen LogP contribution in [-0.4, -0.2) is 33.2 Å². The summed E-state index contributed by atoms with van der Waals surface area (Å²) >= 11 is 0. The lowest BCUT2D eigenvalue weighted by Gasteiger charge is -2.08. The van der Waals surface area contributed by atoms with Gasteiger partial charge in [-0.2, -0.15) is 0 Å². The Morgan fingerprint density at radius 3 is 2.58 bits per heavy atom. The summed E-state index contributed by atoms with van der Waals surface area (Å²) in [6.45, 7) is 0.796. The SMILES string of the molecule is COc1ccc(CCNc2ccc3ncc(-c4ccncc4)n3n2)cc1. The summed E-state index contributed by atoms with van der Waals surface area (Å²) < 4.78 is 7.04. The third-order valence-corrected chi connectivity index (χ3v) is 4.22. The van der Waals surface area contributed by atoms with E-state index in [4.69, 9.17) is 4.74 Å². The minimum Gasteiger partial charge on any atom is -0.497 e. The van der Waals surface area contributed by atoms with Crippen LogP contribution in [0.5, 0.6) is 5.75 Å². The fourth-order valence-electron chi connectivity index (χ4n) is 2.81. The maximum atomic E-state index is 5.19. The average Bonchev–Trinajstić information content (AvgIpc) is 3.12. The first-order valence-corrected chi connectivity index (χ1v) is 8.45. The van der Waals surface area contributed by atoms with Crippen LogP contribution < -0.4 is 10.1 Å². The minimum atomic E-state index is 0.796. The summed E-state index contributed by atoms with van der Waals surface area (Å²) in [6, 6.07) is 15.9. The zero-order chi connectivity index (χ0) is 17.8. The molecule has 4 rings (SSSR count). The Morgan fingerprint density at radius 1 is 1.00 bits per heavy atom. The number of anilines is 1. The van der Waals surface area contributed by atoms with E-state index in [1.165, 1.54) is 5.56 Å². The maximum absolute atomic E-state index is 5.19. The highest BCUT2D eigenvalue weighted by molar-refractivity contribution is 5.63. The van der Waals surface area contributed by atoms with Gasteiger partial charge in [-0.3, -0.25) is 4.98 Å². The Bertz CT molecular complexity index is 996. The van der Waals surface area contributed by atoms with Gasteiger partial charge in [-0.05, 0) is 48.4 Å². The second kappa shape index (κ2) is 7.23. The molecule has 0 spiro atoms. The molecular weight excluding hydrogens is 326 g/mol. The van der Waals surface area contributed by atoms with Crippen LogP contribution in [0.1, 0.15) is 5.56 Å². The Kier molecular flexibility index (Phi) is 4.47. The number of methoxy groups -OCH3 is 1. The van der Waals surface area contributed by atoms with Crippen LogP contribution in [0.4, 0.5) is 5.82 Å². The van der Waals surface area contributed by atoms with E-state index < -0.39 is 0 Å². The monoisotopic (exact) mass is 345 g/mol. The van der Waals surface area contributed by atoms with E-state index in [-0.39, 0.29) is 0 Å². The molecule has 0 amide bonds. The number of nitrogens with zero attached hydrogens (tertiary/aromatic N) is 4. The van der Waals surface area contributed by atoms with Gasteiger partial charge in [0.1, 0.15) is 11.6 Å². The van der Waals surface area contributed by atoms with Gasteiger partial charge in [-0.25, -0.2) is 9.50 Å². The molecule has 6 nitrogen and oxygen atoms in total. The van der Waals surface area contributed by atoms with Crippen LogP contribution in [0.25, 0.3) is 16.9 Å². The second-order valence-corrected chi connectivity index (χ2v) is 5.89. The molecule has 0 aliphatic heterocycles. The molecule has 3 heterocycles. The van der Waals surface area contributed by atoms with Gasteiger partial charge in [0.05, 0.1) is 19.0 Å². The van der Waals surface area contributed by atoms with Crippen molar-refractivity contribution < 1.29 is 4.74 Å². The largest absolute Gasteiger partial charge is 0.497 e. The molecule has 0 aliphatic carbocycles. The maximum Gasteiger partial charge on any atom is 0.154 e. The van der Waals surface area contributed by atoms with Crippen LogP contribution >= 0.6 is 0 Å². The van der Waals surface area contributed by atoms with Crippen LogP contribution in [0.2, 0.25) is 0 Å². The zero-order valence-corrected chi connectivity index (χ0v) is 14.5. The molecule has 0 fully saturated rings. The topological polar surface area (TPSA) is 64.3 Å². The number of nitrogens with one attached hydrogen (secondary N) is 1. The summed E-state index contributed by atoms with van der Waals surface area (Å²) in [5.74, 6) is 1.69. The van der Waals surface area contributed by atoms with Crippen molar-refractivity contribution in [3.8, 4) is 17.0 Å². The lowest BCUT2D eigenvalue weighted by molar-refractivity contribution is 0.414. The fraction of sp³-hybridized carbons (Fsp3) is 0.150. The fourth-order valence-corrected chi connectivity index (χ4v) is 2.81. The molecule has 130 valence electrons. The Balaban J connectivity index is 1.48. The molecule has 0 aliphatic rings.